The lowest BCUT2D eigenvalue weighted by molar-refractivity contribution is -0.386. The van der Waals surface area contributed by atoms with Gasteiger partial charge in [0, 0.05) is 6.07 Å². The van der Waals surface area contributed by atoms with Crippen LogP contribution in [-0.2, 0) is 0 Å². The lowest BCUT2D eigenvalue weighted by Gasteiger charge is -2.07. The zero-order chi connectivity index (χ0) is 15.6. The second-order valence-corrected chi connectivity index (χ2v) is 4.14. The van der Waals surface area contributed by atoms with Gasteiger partial charge in [0.15, 0.2) is 17.3 Å². The van der Waals surface area contributed by atoms with Crippen LogP contribution < -0.4 is 4.74 Å². The van der Waals surface area contributed by atoms with Gasteiger partial charge in [0.25, 0.3) is 0 Å². The van der Waals surface area contributed by atoms with Gasteiger partial charge < -0.3 is 9.84 Å². The van der Waals surface area contributed by atoms with Crippen LogP contribution in [-0.4, -0.2) is 21.0 Å². The SMILES string of the molecule is O=C(O)c1ccc([N+](=O)[O-])c(Oc2cccc(Cl)c2F)n1. The predicted octanol–water partition coefficient (Wildman–Crippen LogP) is 3.27. The summed E-state index contributed by atoms with van der Waals surface area (Å²) in [4.78, 5) is 24.4. The van der Waals surface area contributed by atoms with E-state index in [1.807, 2.05) is 0 Å². The van der Waals surface area contributed by atoms with Gasteiger partial charge in [-0.15, -0.1) is 0 Å². The van der Waals surface area contributed by atoms with Crippen molar-refractivity contribution in [2.45, 2.75) is 0 Å². The van der Waals surface area contributed by atoms with Crippen LogP contribution in [0.25, 0.3) is 0 Å². The lowest BCUT2D eigenvalue weighted by Crippen LogP contribution is -2.04. The summed E-state index contributed by atoms with van der Waals surface area (Å²) < 4.78 is 18.7. The molecule has 0 spiro atoms. The summed E-state index contributed by atoms with van der Waals surface area (Å²) in [7, 11) is 0. The third-order valence-corrected chi connectivity index (χ3v) is 2.67. The zero-order valence-electron chi connectivity index (χ0n) is 10.1. The topological polar surface area (TPSA) is 103 Å². The summed E-state index contributed by atoms with van der Waals surface area (Å²) in [5.74, 6) is -3.38. The Labute approximate surface area is 121 Å². The molecule has 0 saturated carbocycles. The third kappa shape index (κ3) is 3.06. The number of benzene rings is 1. The number of nitrogens with zero attached hydrogens (tertiary/aromatic N) is 2. The van der Waals surface area contributed by atoms with Crippen LogP contribution in [0, 0.1) is 15.9 Å². The first-order chi connectivity index (χ1) is 9.90. The number of pyridine rings is 1. The van der Waals surface area contributed by atoms with Crippen LogP contribution in [0.3, 0.4) is 0 Å². The standard InChI is InChI=1S/C12H6ClFN2O5/c13-6-2-1-3-9(10(6)14)21-11-8(16(19)20)5-4-7(15-11)12(17)18/h1-5H,(H,17,18). The molecular formula is C12H6ClFN2O5. The van der Waals surface area contributed by atoms with Gasteiger partial charge in [-0.1, -0.05) is 17.7 Å². The van der Waals surface area contributed by atoms with E-state index in [0.29, 0.717) is 0 Å². The minimum Gasteiger partial charge on any atom is -0.477 e. The molecule has 0 atom stereocenters. The molecule has 0 unspecified atom stereocenters. The van der Waals surface area contributed by atoms with Crippen molar-refractivity contribution < 1.29 is 24.0 Å². The molecule has 0 fully saturated rings. The van der Waals surface area contributed by atoms with E-state index >= 15 is 0 Å². The summed E-state index contributed by atoms with van der Waals surface area (Å²) >= 11 is 5.56. The number of rotatable bonds is 4. The van der Waals surface area contributed by atoms with Crippen LogP contribution in [0.2, 0.25) is 5.02 Å². The summed E-state index contributed by atoms with van der Waals surface area (Å²) in [6.45, 7) is 0. The fraction of sp³-hybridized carbons (Fsp3) is 0. The highest BCUT2D eigenvalue weighted by molar-refractivity contribution is 6.30. The van der Waals surface area contributed by atoms with Crippen molar-refractivity contribution in [1.82, 2.24) is 4.98 Å². The molecule has 1 aromatic carbocycles. The Kier molecular flexibility index (Phi) is 3.99. The van der Waals surface area contributed by atoms with Crippen molar-refractivity contribution >= 4 is 23.3 Å². The molecule has 1 N–H and O–H groups in total. The third-order valence-electron chi connectivity index (χ3n) is 2.38. The number of carboxylic acids is 1. The Bertz CT molecular complexity index is 738. The molecule has 1 heterocycles. The Hall–Kier alpha value is -2.74. The van der Waals surface area contributed by atoms with E-state index in [9.17, 15) is 19.3 Å². The molecule has 0 aliphatic heterocycles. The number of nitro groups is 1. The number of hydrogen-bond acceptors (Lipinski definition) is 5. The molecule has 1 aromatic heterocycles. The van der Waals surface area contributed by atoms with E-state index in [1.165, 1.54) is 18.2 Å². The van der Waals surface area contributed by atoms with E-state index in [0.717, 1.165) is 12.1 Å². The molecule has 0 aliphatic carbocycles. The smallest absolute Gasteiger partial charge is 0.354 e. The van der Waals surface area contributed by atoms with Gasteiger partial charge in [-0.3, -0.25) is 10.1 Å². The molecular weight excluding hydrogens is 307 g/mol. The van der Waals surface area contributed by atoms with E-state index in [2.05, 4.69) is 4.98 Å². The number of aromatic carboxylic acids is 1. The number of ether oxygens (including phenoxy) is 1. The maximum atomic E-state index is 13.7. The van der Waals surface area contributed by atoms with Gasteiger partial charge >= 0.3 is 17.5 Å². The first-order valence-electron chi connectivity index (χ1n) is 5.40. The first kappa shape index (κ1) is 14.7. The Morgan fingerprint density at radius 3 is 2.71 bits per heavy atom. The Balaban J connectivity index is 2.51. The monoisotopic (exact) mass is 312 g/mol. The Morgan fingerprint density at radius 2 is 2.10 bits per heavy atom. The highest BCUT2D eigenvalue weighted by Crippen LogP contribution is 2.32. The number of carboxylic acid groups (broad SMARTS) is 1. The number of hydrogen-bond donors (Lipinski definition) is 1. The fourth-order valence-corrected chi connectivity index (χ4v) is 1.60. The normalized spacial score (nSPS) is 10.2. The molecule has 0 amide bonds. The van der Waals surface area contributed by atoms with Crippen molar-refractivity contribution in [3.05, 3.63) is 57.0 Å². The van der Waals surface area contributed by atoms with Crippen LogP contribution in [0.5, 0.6) is 11.6 Å². The van der Waals surface area contributed by atoms with Crippen molar-refractivity contribution in [2.24, 2.45) is 0 Å². The quantitative estimate of drug-likeness (QED) is 0.686. The van der Waals surface area contributed by atoms with Crippen molar-refractivity contribution in [3.8, 4) is 11.6 Å². The summed E-state index contributed by atoms with van der Waals surface area (Å²) in [5.41, 5.74) is -1.07. The molecule has 0 saturated heterocycles. The maximum absolute atomic E-state index is 13.7. The number of carbonyl (C=O) groups is 1. The average molecular weight is 313 g/mol. The molecule has 0 radical (unpaired) electrons. The molecule has 0 aliphatic rings. The highest BCUT2D eigenvalue weighted by atomic mass is 35.5. The molecule has 9 heteroatoms. The molecule has 2 rings (SSSR count). The molecule has 108 valence electrons. The molecule has 7 nitrogen and oxygen atoms in total. The fourth-order valence-electron chi connectivity index (χ4n) is 1.43. The van der Waals surface area contributed by atoms with Crippen LogP contribution in [0.4, 0.5) is 10.1 Å². The molecule has 21 heavy (non-hydrogen) atoms. The lowest BCUT2D eigenvalue weighted by atomic mass is 10.3. The van der Waals surface area contributed by atoms with Gasteiger partial charge in [-0.2, -0.15) is 4.98 Å². The maximum Gasteiger partial charge on any atom is 0.354 e. The van der Waals surface area contributed by atoms with E-state index in [1.54, 1.807) is 0 Å². The van der Waals surface area contributed by atoms with Gasteiger partial charge in [-0.25, -0.2) is 9.18 Å². The first-order valence-corrected chi connectivity index (χ1v) is 5.78. The van der Waals surface area contributed by atoms with Gasteiger partial charge in [0.1, 0.15) is 0 Å². The molecule has 2 aromatic rings. The average Bonchev–Trinajstić information content (AvgIpc) is 2.43. The van der Waals surface area contributed by atoms with Crippen molar-refractivity contribution in [1.29, 1.82) is 0 Å². The highest BCUT2D eigenvalue weighted by Gasteiger charge is 2.22. The van der Waals surface area contributed by atoms with Crippen LogP contribution in [0.15, 0.2) is 30.3 Å². The zero-order valence-corrected chi connectivity index (χ0v) is 10.9. The number of halogens is 2. The second-order valence-electron chi connectivity index (χ2n) is 3.74. The van der Waals surface area contributed by atoms with Crippen molar-refractivity contribution in [2.75, 3.05) is 0 Å². The minimum absolute atomic E-state index is 0.246. The summed E-state index contributed by atoms with van der Waals surface area (Å²) in [6, 6.07) is 5.67. The van der Waals surface area contributed by atoms with E-state index in [-0.39, 0.29) is 5.02 Å². The van der Waals surface area contributed by atoms with E-state index in [4.69, 9.17) is 21.4 Å². The Morgan fingerprint density at radius 1 is 1.38 bits per heavy atom. The summed E-state index contributed by atoms with van der Waals surface area (Å²) in [6.07, 6.45) is 0. The number of aromatic nitrogens is 1. The largest absolute Gasteiger partial charge is 0.477 e. The predicted molar refractivity (Wildman–Crippen MR) is 69.3 cm³/mol. The second kappa shape index (κ2) is 5.71. The molecule has 0 bridgehead atoms. The van der Waals surface area contributed by atoms with Gasteiger partial charge in [-0.05, 0) is 18.2 Å². The van der Waals surface area contributed by atoms with Crippen LogP contribution >= 0.6 is 11.6 Å². The minimum atomic E-state index is -1.40. The van der Waals surface area contributed by atoms with E-state index < -0.39 is 39.7 Å². The summed E-state index contributed by atoms with van der Waals surface area (Å²) in [5, 5.41) is 19.4. The van der Waals surface area contributed by atoms with Gasteiger partial charge in [0.05, 0.1) is 9.95 Å². The van der Waals surface area contributed by atoms with Gasteiger partial charge in [0.2, 0.25) is 0 Å². The van der Waals surface area contributed by atoms with Crippen molar-refractivity contribution in [3.63, 3.8) is 0 Å². The van der Waals surface area contributed by atoms with Crippen LogP contribution in [0.1, 0.15) is 10.5 Å².